The highest BCUT2D eigenvalue weighted by Gasteiger charge is 2.76. The third kappa shape index (κ3) is 36.4. The zero-order chi connectivity index (χ0) is 92.9. The lowest BCUT2D eigenvalue weighted by atomic mass is 9.55. The molecule has 9 fully saturated rings. The van der Waals surface area contributed by atoms with E-state index in [9.17, 15) is 24.0 Å². The van der Waals surface area contributed by atoms with E-state index in [-0.39, 0.29) is 55.4 Å². The van der Waals surface area contributed by atoms with Crippen molar-refractivity contribution in [2.75, 3.05) is 105 Å². The van der Waals surface area contributed by atoms with Crippen LogP contribution in [0.5, 0.6) is 0 Å². The van der Waals surface area contributed by atoms with Crippen molar-refractivity contribution in [2.45, 2.75) is 360 Å². The van der Waals surface area contributed by atoms with Gasteiger partial charge in [0.2, 0.25) is 0 Å². The topological polar surface area (TPSA) is 225 Å². The van der Waals surface area contributed by atoms with Gasteiger partial charge in [-0.25, -0.2) is 14.8 Å². The number of ether oxygens (including phenoxy) is 8. The molecule has 0 amide bonds. The van der Waals surface area contributed by atoms with Crippen molar-refractivity contribution in [3.63, 3.8) is 0 Å². The number of fused-ring (bicyclic) bond motifs is 24. The summed E-state index contributed by atoms with van der Waals surface area (Å²) in [5.74, 6) is 15.1. The Kier molecular flexibility index (Phi) is 50.9. The molecule has 0 spiro atoms. The maximum absolute atomic E-state index is 12.7. The van der Waals surface area contributed by atoms with E-state index in [1.807, 2.05) is 88.1 Å². The summed E-state index contributed by atoms with van der Waals surface area (Å²) in [4.78, 5) is 73.6. The molecule has 15 unspecified atom stereocenters. The number of hydrogen-bond acceptors (Lipinski definition) is 19. The smallest absolute Gasteiger partial charge is 0.344 e. The number of carbonyl (C=O) groups excluding carboxylic acids is 5. The van der Waals surface area contributed by atoms with Crippen LogP contribution in [0.15, 0.2) is 97.6 Å². The molecule has 4 aromatic rings. The van der Waals surface area contributed by atoms with Gasteiger partial charge in [0.05, 0.1) is 75.9 Å². The number of carbonyl (C=O) groups is 5. The Bertz CT molecular complexity index is 3960. The maximum Gasteiger partial charge on any atom is 0.344 e. The average Bonchev–Trinajstić information content (AvgIpc) is 1.49. The van der Waals surface area contributed by atoms with Crippen LogP contribution in [0.2, 0.25) is 0 Å². The summed E-state index contributed by atoms with van der Waals surface area (Å²) in [7, 11) is 3.44. The Labute approximate surface area is 806 Å². The Balaban J connectivity index is 0.000000173. The number of nitriles is 1. The van der Waals surface area contributed by atoms with Crippen LogP contribution in [0, 0.1) is 94.2 Å². The molecule has 2 saturated heterocycles. The van der Waals surface area contributed by atoms with Crippen LogP contribution in [-0.4, -0.2) is 176 Å². The minimum Gasteiger partial charge on any atom is -0.466 e. The molecule has 8 aliphatic carbocycles. The Morgan fingerprint density at radius 1 is 0.466 bits per heavy atom. The number of imidazole rings is 2. The van der Waals surface area contributed by atoms with Crippen LogP contribution in [0.3, 0.4) is 0 Å². The molecule has 0 radical (unpaired) electrons. The highest BCUT2D eigenvalue weighted by molar-refractivity contribution is 7.99. The first kappa shape index (κ1) is 107. The fourth-order valence-electron chi connectivity index (χ4n) is 25.3. The normalized spacial score (nSPS) is 24.2. The van der Waals surface area contributed by atoms with Crippen molar-refractivity contribution in [3.05, 3.63) is 97.6 Å². The SMILES string of the molecule is CC/C=C\CCOC(=O)CCCn1ccnc1-c1ccccc1.COC(CCCCCCCCCCCCCCCCCCCCCOC(=O)CCN1CCSCC1)OC.N#CCCCCCCCCCCCCCCCCCCCCCOC(=O)CCn1cnc2ccccc21.O=C(CN1CCOCC1)OCC(=O)OC1CC2CC1C1C3CC(C21)C1C2CC(C4C5C=CC(C5)C24)C31. The largest absolute Gasteiger partial charge is 0.466 e. The molecule has 2 aromatic heterocycles. The average molecular weight is 1860 g/mol. The maximum atomic E-state index is 12.7. The second-order valence-corrected chi connectivity index (χ2v) is 41.9. The van der Waals surface area contributed by atoms with Gasteiger partial charge in [0.25, 0.3) is 0 Å². The molecule has 14 rings (SSSR count). The first-order valence-electron chi connectivity index (χ1n) is 54.2. The fourth-order valence-corrected chi connectivity index (χ4v) is 26.2. The van der Waals surface area contributed by atoms with Crippen LogP contribution >= 0.6 is 11.8 Å². The molecule has 2 aliphatic heterocycles. The van der Waals surface area contributed by atoms with Crippen LogP contribution < -0.4 is 0 Å². The second-order valence-electron chi connectivity index (χ2n) is 40.7. The van der Waals surface area contributed by atoms with Gasteiger partial charge >= 0.3 is 29.8 Å². The van der Waals surface area contributed by atoms with E-state index >= 15 is 0 Å². The van der Waals surface area contributed by atoms with Crippen LogP contribution in [0.1, 0.15) is 334 Å². The summed E-state index contributed by atoms with van der Waals surface area (Å²) in [6.07, 6.45) is 77.9. The van der Waals surface area contributed by atoms with E-state index in [4.69, 9.17) is 43.2 Å². The van der Waals surface area contributed by atoms with Crippen molar-refractivity contribution in [2.24, 2.45) is 82.9 Å². The van der Waals surface area contributed by atoms with Crippen LogP contribution in [-0.2, 0) is 75.0 Å². The number of benzene rings is 2. The highest BCUT2D eigenvalue weighted by Crippen LogP contribution is 2.81. The molecule has 742 valence electrons. The van der Waals surface area contributed by atoms with Crippen molar-refractivity contribution in [3.8, 4) is 17.5 Å². The summed E-state index contributed by atoms with van der Waals surface area (Å²) in [5, 5.41) is 8.52. The van der Waals surface area contributed by atoms with Crippen molar-refractivity contribution in [1.82, 2.24) is 28.9 Å². The summed E-state index contributed by atoms with van der Waals surface area (Å²) < 4.78 is 47.2. The number of morpholine rings is 1. The van der Waals surface area contributed by atoms with E-state index in [0.717, 1.165) is 203 Å². The molecule has 4 heterocycles. The standard InChI is InChI=1S/C32H51N3O2.C31H61NO4S.C30H39NO5.C19H24N2O2/c33-26-21-17-15-13-11-9-7-5-3-1-2-4-6-8-10-12-14-16-18-22-28-37-32(36)25-27-35-29-34-30-23-19-20-24-31(30)35;1-34-31(35-2)22-20-18-16-14-12-10-8-6-4-3-5-7-9-11-13-15-17-19-21-27-36-30(33)23-24-32-25-28-37-29-26-32;32-23(12-31-3-5-34-6-4-31)35-13-24(33)36-22-9-16-8-17(22)28-21-11-20(27(16)28)29-18-10-19(30(21)29)26-15-2-1-14(7-15)25(18)26;1-2-3-4-8-16-23-18(22)12-9-14-21-15-13-20-19(21)17-10-6-5-7-11-17/h19-20,23-24,29H,1-18,21-22,25,27-28H2;31H,3-29H2,1-2H3;1-2,14-22,25-30H,3-13H2;3-7,10-11,13,15H,2,8-9,12,14,16H2,1H3/b;;;4-3-. The molecule has 15 atom stereocenters. The molecule has 7 saturated carbocycles. The molecule has 8 bridgehead atoms. The summed E-state index contributed by atoms with van der Waals surface area (Å²) in [6.45, 7) is 10.9. The van der Waals surface area contributed by atoms with E-state index in [1.165, 1.54) is 255 Å². The van der Waals surface area contributed by atoms with Gasteiger partial charge in [-0.15, -0.1) is 0 Å². The first-order valence-corrected chi connectivity index (χ1v) is 55.3. The molecule has 21 heteroatoms. The molecule has 10 aliphatic rings. The number of aromatic nitrogens is 4. The van der Waals surface area contributed by atoms with Gasteiger partial charge in [-0.2, -0.15) is 17.0 Å². The Morgan fingerprint density at radius 3 is 1.52 bits per heavy atom. The highest BCUT2D eigenvalue weighted by atomic mass is 32.2. The molecule has 20 nitrogen and oxygen atoms in total. The van der Waals surface area contributed by atoms with E-state index in [0.29, 0.717) is 64.8 Å². The van der Waals surface area contributed by atoms with Crippen molar-refractivity contribution < 1.29 is 61.9 Å². The van der Waals surface area contributed by atoms with Crippen molar-refractivity contribution >= 4 is 52.6 Å². The molecular formula is C112H175N7O13S. The Hall–Kier alpha value is -6.41. The monoisotopic (exact) mass is 1860 g/mol. The Morgan fingerprint density at radius 2 is 0.962 bits per heavy atom. The zero-order valence-electron chi connectivity index (χ0n) is 82.7. The summed E-state index contributed by atoms with van der Waals surface area (Å²) >= 11 is 2.01. The van der Waals surface area contributed by atoms with Gasteiger partial charge in [-0.3, -0.25) is 24.1 Å². The predicted molar refractivity (Wildman–Crippen MR) is 534 cm³/mol. The minimum absolute atomic E-state index is 0.0140. The zero-order valence-corrected chi connectivity index (χ0v) is 83.5. The fraction of sp³-hybridized carbons (Fsp3) is 0.768. The summed E-state index contributed by atoms with van der Waals surface area (Å²) in [6, 6.07) is 20.3. The molecule has 133 heavy (non-hydrogen) atoms. The number of nitrogens with zero attached hydrogens (tertiary/aromatic N) is 7. The van der Waals surface area contributed by atoms with E-state index < -0.39 is 0 Å². The van der Waals surface area contributed by atoms with Crippen LogP contribution in [0.4, 0.5) is 0 Å². The lowest BCUT2D eigenvalue weighted by Crippen LogP contribution is -2.48. The van der Waals surface area contributed by atoms with Gasteiger partial charge in [0.15, 0.2) is 12.9 Å². The number of allylic oxidation sites excluding steroid dienone is 3. The number of esters is 5. The molecular weight excluding hydrogens is 1680 g/mol. The third-order valence-corrected chi connectivity index (χ3v) is 32.5. The lowest BCUT2D eigenvalue weighted by molar-refractivity contribution is -0.167. The quantitative estimate of drug-likeness (QED) is 0.01000. The van der Waals surface area contributed by atoms with Gasteiger partial charge < -0.3 is 51.9 Å². The van der Waals surface area contributed by atoms with Gasteiger partial charge in [-0.05, 0) is 178 Å². The number of para-hydroxylation sites is 2. The van der Waals surface area contributed by atoms with Crippen molar-refractivity contribution in [1.29, 1.82) is 5.26 Å². The van der Waals surface area contributed by atoms with Crippen LogP contribution in [0.25, 0.3) is 22.4 Å². The number of aryl methyl sites for hydroxylation is 2. The number of unbranched alkanes of at least 4 members (excludes halogenated alkanes) is 37. The third-order valence-electron chi connectivity index (χ3n) is 31.6. The minimum atomic E-state index is -0.350. The lowest BCUT2D eigenvalue weighted by Gasteiger charge is -2.50. The molecule has 2 aromatic carbocycles. The summed E-state index contributed by atoms with van der Waals surface area (Å²) in [5.41, 5.74) is 3.11. The first-order chi connectivity index (χ1) is 65.5. The predicted octanol–water partition coefficient (Wildman–Crippen LogP) is 24.9. The van der Waals surface area contributed by atoms with E-state index in [2.05, 4.69) is 50.7 Å². The number of thioether (sulfide) groups is 1. The van der Waals surface area contributed by atoms with E-state index in [1.54, 1.807) is 26.7 Å². The number of methoxy groups -OCH3 is 2. The van der Waals surface area contributed by atoms with Gasteiger partial charge in [0, 0.05) is 102 Å². The molecule has 0 N–H and O–H groups in total. The van der Waals surface area contributed by atoms with Gasteiger partial charge in [-0.1, -0.05) is 292 Å². The number of hydrogen-bond donors (Lipinski definition) is 0. The van der Waals surface area contributed by atoms with Gasteiger partial charge in [0.1, 0.15) is 11.9 Å². The second kappa shape index (κ2) is 63.2. The number of rotatable bonds is 65.